The first-order chi connectivity index (χ1) is 9.86. The predicted molar refractivity (Wildman–Crippen MR) is 76.9 cm³/mol. The summed E-state index contributed by atoms with van der Waals surface area (Å²) in [5.41, 5.74) is 0.233. The number of sulfonamides is 1. The van der Waals surface area contributed by atoms with Crippen LogP contribution in [-0.4, -0.2) is 38.7 Å². The van der Waals surface area contributed by atoms with Crippen LogP contribution in [0.5, 0.6) is 0 Å². The summed E-state index contributed by atoms with van der Waals surface area (Å²) in [6.07, 6.45) is 2.30. The fourth-order valence-corrected chi connectivity index (χ4v) is 4.31. The molecule has 1 aliphatic carbocycles. The van der Waals surface area contributed by atoms with E-state index >= 15 is 0 Å². The third-order valence-electron chi connectivity index (χ3n) is 3.87. The van der Waals surface area contributed by atoms with E-state index in [1.54, 1.807) is 7.11 Å². The van der Waals surface area contributed by atoms with E-state index < -0.39 is 16.0 Å². The Morgan fingerprint density at radius 1 is 1.38 bits per heavy atom. The zero-order valence-corrected chi connectivity index (χ0v) is 12.8. The molecule has 1 aliphatic rings. The lowest BCUT2D eigenvalue weighted by atomic mass is 10.1. The second-order valence-electron chi connectivity index (χ2n) is 5.17. The van der Waals surface area contributed by atoms with Crippen LogP contribution in [0.4, 0.5) is 0 Å². The molecule has 1 aromatic carbocycles. The van der Waals surface area contributed by atoms with E-state index in [1.165, 1.54) is 25.1 Å². The van der Waals surface area contributed by atoms with Gasteiger partial charge in [-0.3, -0.25) is 0 Å². The molecule has 0 aliphatic heterocycles. The summed E-state index contributed by atoms with van der Waals surface area (Å²) in [5, 5.41) is 9.08. The van der Waals surface area contributed by atoms with Crippen molar-refractivity contribution in [1.82, 2.24) is 4.72 Å². The van der Waals surface area contributed by atoms with Gasteiger partial charge in [-0.25, -0.2) is 17.9 Å². The number of hydrogen-bond acceptors (Lipinski definition) is 4. The van der Waals surface area contributed by atoms with Gasteiger partial charge in [0.05, 0.1) is 16.6 Å². The highest BCUT2D eigenvalue weighted by Gasteiger charge is 2.32. The van der Waals surface area contributed by atoms with Gasteiger partial charge < -0.3 is 9.84 Å². The molecular weight excluding hydrogens is 294 g/mol. The quantitative estimate of drug-likeness (QED) is 0.860. The molecule has 0 bridgehead atoms. The molecular formula is C14H19NO5S. The van der Waals surface area contributed by atoms with Crippen molar-refractivity contribution in [2.75, 3.05) is 7.11 Å². The normalized spacial score (nSPS) is 22.4. The summed E-state index contributed by atoms with van der Waals surface area (Å²) in [7, 11) is -2.20. The van der Waals surface area contributed by atoms with E-state index in [-0.39, 0.29) is 28.2 Å². The van der Waals surface area contributed by atoms with Gasteiger partial charge in [0.2, 0.25) is 10.0 Å². The number of carbonyl (C=O) groups is 1. The molecule has 0 spiro atoms. The lowest BCUT2D eigenvalue weighted by molar-refractivity contribution is 0.0695. The molecule has 0 radical (unpaired) electrons. The van der Waals surface area contributed by atoms with E-state index in [0.29, 0.717) is 0 Å². The summed E-state index contributed by atoms with van der Waals surface area (Å²) < 4.78 is 32.9. The number of ether oxygens (including phenoxy) is 1. The SMILES string of the molecule is COC1CCCC1NS(=O)(=O)c1cccc(C(=O)O)c1C. The molecule has 0 aromatic heterocycles. The van der Waals surface area contributed by atoms with Crippen LogP contribution in [0.15, 0.2) is 23.1 Å². The van der Waals surface area contributed by atoms with E-state index in [0.717, 1.165) is 19.3 Å². The Balaban J connectivity index is 2.32. The Kier molecular flexibility index (Phi) is 4.65. The Bertz CT molecular complexity index is 641. The highest BCUT2D eigenvalue weighted by atomic mass is 32.2. The summed E-state index contributed by atoms with van der Waals surface area (Å²) in [6, 6.07) is 3.98. The molecule has 2 N–H and O–H groups in total. The number of methoxy groups -OCH3 is 1. The molecule has 0 heterocycles. The van der Waals surface area contributed by atoms with Crippen LogP contribution in [0.25, 0.3) is 0 Å². The summed E-state index contributed by atoms with van der Waals surface area (Å²) in [5.74, 6) is -1.14. The molecule has 6 nitrogen and oxygen atoms in total. The van der Waals surface area contributed by atoms with Crippen LogP contribution in [0.1, 0.15) is 35.2 Å². The lowest BCUT2D eigenvalue weighted by Gasteiger charge is -2.20. The third-order valence-corrected chi connectivity index (χ3v) is 5.50. The van der Waals surface area contributed by atoms with Gasteiger partial charge >= 0.3 is 5.97 Å². The molecule has 2 unspecified atom stereocenters. The van der Waals surface area contributed by atoms with Gasteiger partial charge in [-0.1, -0.05) is 6.07 Å². The van der Waals surface area contributed by atoms with Crippen LogP contribution >= 0.6 is 0 Å². The highest BCUT2D eigenvalue weighted by molar-refractivity contribution is 7.89. The minimum Gasteiger partial charge on any atom is -0.478 e. The molecule has 0 saturated heterocycles. The summed E-state index contributed by atoms with van der Waals surface area (Å²) in [6.45, 7) is 1.50. The van der Waals surface area contributed by atoms with Crippen LogP contribution < -0.4 is 4.72 Å². The molecule has 21 heavy (non-hydrogen) atoms. The zero-order chi connectivity index (χ0) is 15.6. The second-order valence-corrected chi connectivity index (χ2v) is 6.85. The van der Waals surface area contributed by atoms with Gasteiger partial charge in [0, 0.05) is 13.2 Å². The molecule has 1 fully saturated rings. The van der Waals surface area contributed by atoms with Crippen LogP contribution in [0, 0.1) is 6.92 Å². The number of rotatable bonds is 5. The molecule has 1 aromatic rings. The minimum atomic E-state index is -3.77. The number of aromatic carboxylic acids is 1. The smallest absolute Gasteiger partial charge is 0.335 e. The molecule has 0 amide bonds. The van der Waals surface area contributed by atoms with E-state index in [4.69, 9.17) is 9.84 Å². The van der Waals surface area contributed by atoms with E-state index in [9.17, 15) is 13.2 Å². The van der Waals surface area contributed by atoms with Crippen molar-refractivity contribution >= 4 is 16.0 Å². The van der Waals surface area contributed by atoms with E-state index in [1.807, 2.05) is 0 Å². The average molecular weight is 313 g/mol. The van der Waals surface area contributed by atoms with Gasteiger partial charge in [0.1, 0.15) is 0 Å². The van der Waals surface area contributed by atoms with Gasteiger partial charge in [-0.15, -0.1) is 0 Å². The monoisotopic (exact) mass is 313 g/mol. The van der Waals surface area contributed by atoms with Crippen molar-refractivity contribution in [2.45, 2.75) is 43.2 Å². The van der Waals surface area contributed by atoms with Crippen molar-refractivity contribution in [3.8, 4) is 0 Å². The number of hydrogen-bond donors (Lipinski definition) is 2. The number of nitrogens with one attached hydrogen (secondary N) is 1. The van der Waals surface area contributed by atoms with Crippen molar-refractivity contribution in [3.63, 3.8) is 0 Å². The van der Waals surface area contributed by atoms with Crippen molar-refractivity contribution in [3.05, 3.63) is 29.3 Å². The van der Waals surface area contributed by atoms with Crippen molar-refractivity contribution < 1.29 is 23.1 Å². The van der Waals surface area contributed by atoms with Gasteiger partial charge in [-0.05, 0) is 43.9 Å². The Hall–Kier alpha value is -1.44. The van der Waals surface area contributed by atoms with Gasteiger partial charge in [0.15, 0.2) is 0 Å². The fourth-order valence-electron chi connectivity index (χ4n) is 2.74. The Morgan fingerprint density at radius 2 is 2.10 bits per heavy atom. The average Bonchev–Trinajstić information content (AvgIpc) is 2.84. The second kappa shape index (κ2) is 6.13. The van der Waals surface area contributed by atoms with Crippen molar-refractivity contribution in [2.24, 2.45) is 0 Å². The maximum Gasteiger partial charge on any atom is 0.335 e. The maximum atomic E-state index is 12.5. The zero-order valence-electron chi connectivity index (χ0n) is 12.0. The van der Waals surface area contributed by atoms with Crippen LogP contribution in [0.3, 0.4) is 0 Å². The number of benzene rings is 1. The number of carboxylic acid groups (broad SMARTS) is 1. The first kappa shape index (κ1) is 15.9. The molecule has 2 rings (SSSR count). The molecule has 7 heteroatoms. The largest absolute Gasteiger partial charge is 0.478 e. The minimum absolute atomic E-state index is 0.00385. The molecule has 1 saturated carbocycles. The Morgan fingerprint density at radius 3 is 2.71 bits per heavy atom. The molecule has 116 valence electrons. The van der Waals surface area contributed by atoms with Gasteiger partial charge in [0.25, 0.3) is 0 Å². The van der Waals surface area contributed by atoms with Crippen LogP contribution in [-0.2, 0) is 14.8 Å². The fraction of sp³-hybridized carbons (Fsp3) is 0.500. The maximum absolute atomic E-state index is 12.5. The third kappa shape index (κ3) is 3.25. The topological polar surface area (TPSA) is 92.7 Å². The van der Waals surface area contributed by atoms with Crippen LogP contribution in [0.2, 0.25) is 0 Å². The molecule has 2 atom stereocenters. The lowest BCUT2D eigenvalue weighted by Crippen LogP contribution is -2.40. The predicted octanol–water partition coefficient (Wildman–Crippen LogP) is 1.54. The standard InChI is InChI=1S/C14H19NO5S/c1-9-10(14(16)17)5-3-8-13(9)21(18,19)15-11-6-4-7-12(11)20-2/h3,5,8,11-12,15H,4,6-7H2,1-2H3,(H,16,17). The first-order valence-corrected chi connectivity index (χ1v) is 8.23. The van der Waals surface area contributed by atoms with E-state index in [2.05, 4.69) is 4.72 Å². The number of carboxylic acids is 1. The van der Waals surface area contributed by atoms with Crippen molar-refractivity contribution in [1.29, 1.82) is 0 Å². The highest BCUT2D eigenvalue weighted by Crippen LogP contribution is 2.25. The summed E-state index contributed by atoms with van der Waals surface area (Å²) >= 11 is 0. The summed E-state index contributed by atoms with van der Waals surface area (Å²) in [4.78, 5) is 11.1. The van der Waals surface area contributed by atoms with Gasteiger partial charge in [-0.2, -0.15) is 0 Å². The first-order valence-electron chi connectivity index (χ1n) is 6.75. The Labute approximate surface area is 124 Å².